The largest absolute Gasteiger partial charge is 0.462 e. The van der Waals surface area contributed by atoms with Gasteiger partial charge in [0.15, 0.2) is 0 Å². The van der Waals surface area contributed by atoms with Crippen LogP contribution in [0.5, 0.6) is 0 Å². The quantitative estimate of drug-likeness (QED) is 0.824. The van der Waals surface area contributed by atoms with Crippen molar-refractivity contribution in [2.45, 2.75) is 19.9 Å². The van der Waals surface area contributed by atoms with Crippen molar-refractivity contribution in [1.82, 2.24) is 4.98 Å². The van der Waals surface area contributed by atoms with Crippen molar-refractivity contribution in [2.24, 2.45) is 5.73 Å². The molecule has 2 N–H and O–H groups in total. The maximum absolute atomic E-state index is 13.0. The summed E-state index contributed by atoms with van der Waals surface area (Å²) >= 11 is 0. The van der Waals surface area contributed by atoms with Crippen LogP contribution in [-0.2, 0) is 11.3 Å². The minimum absolute atomic E-state index is 0.0113. The van der Waals surface area contributed by atoms with Crippen molar-refractivity contribution in [2.75, 3.05) is 6.61 Å². The Kier molecular flexibility index (Phi) is 4.68. The van der Waals surface area contributed by atoms with Crippen LogP contribution in [-0.4, -0.2) is 17.6 Å². The van der Waals surface area contributed by atoms with Crippen molar-refractivity contribution >= 4 is 5.97 Å². The molecule has 0 unspecified atom stereocenters. The van der Waals surface area contributed by atoms with Crippen LogP contribution in [0.25, 0.3) is 0 Å². The lowest BCUT2D eigenvalue weighted by molar-refractivity contribution is 0.0513. The molecule has 0 aliphatic heterocycles. The highest BCUT2D eigenvalue weighted by Crippen LogP contribution is 2.28. The first kappa shape index (κ1) is 14.0. The standard InChI is InChI=1S/C11H11F2N3O2/c1-2-18-11(17)9-7(4-15)16-5-6(3-14)8(9)10(12)13/h5,10H,2,4,15H2,1H3. The first-order chi connectivity index (χ1) is 8.56. The second-order valence-corrected chi connectivity index (χ2v) is 3.24. The monoisotopic (exact) mass is 255 g/mol. The van der Waals surface area contributed by atoms with Crippen molar-refractivity contribution in [3.8, 4) is 6.07 Å². The molecule has 0 amide bonds. The summed E-state index contributed by atoms with van der Waals surface area (Å²) in [5, 5.41) is 8.76. The number of aromatic nitrogens is 1. The van der Waals surface area contributed by atoms with Gasteiger partial charge in [0.2, 0.25) is 0 Å². The number of nitrogens with zero attached hydrogens (tertiary/aromatic N) is 2. The van der Waals surface area contributed by atoms with E-state index in [1.165, 1.54) is 0 Å². The number of rotatable bonds is 4. The molecule has 0 aliphatic rings. The molecule has 0 saturated carbocycles. The maximum atomic E-state index is 13.0. The fourth-order valence-corrected chi connectivity index (χ4v) is 1.47. The number of esters is 1. The number of hydrogen-bond donors (Lipinski definition) is 1. The van der Waals surface area contributed by atoms with Crippen molar-refractivity contribution < 1.29 is 18.3 Å². The molecule has 0 spiro atoms. The van der Waals surface area contributed by atoms with E-state index in [0.29, 0.717) is 0 Å². The molecule has 18 heavy (non-hydrogen) atoms. The molecule has 0 aromatic carbocycles. The molecule has 0 aliphatic carbocycles. The molecule has 1 aromatic rings. The Labute approximate surface area is 102 Å². The summed E-state index contributed by atoms with van der Waals surface area (Å²) in [6.45, 7) is 1.38. The molecule has 0 radical (unpaired) electrons. The second-order valence-electron chi connectivity index (χ2n) is 3.24. The predicted octanol–water partition coefficient (Wildman–Crippen LogP) is 1.53. The summed E-state index contributed by atoms with van der Waals surface area (Å²) in [5.74, 6) is -0.946. The Morgan fingerprint density at radius 1 is 1.67 bits per heavy atom. The number of carbonyl (C=O) groups excluding carboxylic acids is 1. The number of ether oxygens (including phenoxy) is 1. The average molecular weight is 255 g/mol. The van der Waals surface area contributed by atoms with Gasteiger partial charge >= 0.3 is 5.97 Å². The van der Waals surface area contributed by atoms with Crippen molar-refractivity contribution in [3.63, 3.8) is 0 Å². The third-order valence-electron chi connectivity index (χ3n) is 2.21. The van der Waals surface area contributed by atoms with Gasteiger partial charge in [-0.1, -0.05) is 0 Å². The zero-order valence-corrected chi connectivity index (χ0v) is 9.61. The number of hydrogen-bond acceptors (Lipinski definition) is 5. The summed E-state index contributed by atoms with van der Waals surface area (Å²) < 4.78 is 30.6. The van der Waals surface area contributed by atoms with Crippen molar-refractivity contribution in [3.05, 3.63) is 28.6 Å². The van der Waals surface area contributed by atoms with Gasteiger partial charge in [-0.25, -0.2) is 13.6 Å². The Balaban J connectivity index is 3.51. The zero-order valence-electron chi connectivity index (χ0n) is 9.61. The van der Waals surface area contributed by atoms with Gasteiger partial charge < -0.3 is 10.5 Å². The lowest BCUT2D eigenvalue weighted by Gasteiger charge is -2.12. The molecular formula is C11H11F2N3O2. The first-order valence-electron chi connectivity index (χ1n) is 5.14. The highest BCUT2D eigenvalue weighted by Gasteiger charge is 2.27. The minimum Gasteiger partial charge on any atom is -0.462 e. The molecular weight excluding hydrogens is 244 g/mol. The minimum atomic E-state index is -2.98. The Hall–Kier alpha value is -2.07. The van der Waals surface area contributed by atoms with E-state index in [-0.39, 0.29) is 24.4 Å². The Morgan fingerprint density at radius 2 is 2.33 bits per heavy atom. The summed E-state index contributed by atoms with van der Waals surface area (Å²) in [5.41, 5.74) is 3.90. The van der Waals surface area contributed by atoms with E-state index in [0.717, 1.165) is 6.20 Å². The van der Waals surface area contributed by atoms with Crippen LogP contribution in [0.15, 0.2) is 6.20 Å². The smallest absolute Gasteiger partial charge is 0.340 e. The fourth-order valence-electron chi connectivity index (χ4n) is 1.47. The highest BCUT2D eigenvalue weighted by molar-refractivity contribution is 5.93. The van der Waals surface area contributed by atoms with Gasteiger partial charge in [-0.2, -0.15) is 5.26 Å². The summed E-state index contributed by atoms with van der Waals surface area (Å²) in [6, 6.07) is 1.57. The van der Waals surface area contributed by atoms with Crippen LogP contribution in [0.3, 0.4) is 0 Å². The Morgan fingerprint density at radius 3 is 2.78 bits per heavy atom. The van der Waals surface area contributed by atoms with Gasteiger partial charge in [-0.15, -0.1) is 0 Å². The van der Waals surface area contributed by atoms with Crippen LogP contribution in [0.4, 0.5) is 8.78 Å². The molecule has 1 rings (SSSR count). The van der Waals surface area contributed by atoms with E-state index < -0.39 is 23.5 Å². The fraction of sp³-hybridized carbons (Fsp3) is 0.364. The number of alkyl halides is 2. The lowest BCUT2D eigenvalue weighted by atomic mass is 10.0. The van der Waals surface area contributed by atoms with E-state index in [4.69, 9.17) is 11.0 Å². The maximum Gasteiger partial charge on any atom is 0.340 e. The van der Waals surface area contributed by atoms with E-state index in [2.05, 4.69) is 9.72 Å². The summed E-state index contributed by atoms with van der Waals surface area (Å²) in [7, 11) is 0. The topological polar surface area (TPSA) is 89.0 Å². The number of carbonyl (C=O) groups is 1. The zero-order chi connectivity index (χ0) is 13.7. The lowest BCUT2D eigenvalue weighted by Crippen LogP contribution is -2.17. The molecule has 0 bridgehead atoms. The van der Waals surface area contributed by atoms with Gasteiger partial charge in [0.1, 0.15) is 6.07 Å². The van der Waals surface area contributed by atoms with Crippen LogP contribution < -0.4 is 5.73 Å². The third kappa shape index (κ3) is 2.60. The van der Waals surface area contributed by atoms with E-state index in [1.807, 2.05) is 0 Å². The molecule has 5 nitrogen and oxygen atoms in total. The highest BCUT2D eigenvalue weighted by atomic mass is 19.3. The second kappa shape index (κ2) is 6.02. The number of pyridine rings is 1. The average Bonchev–Trinajstić information content (AvgIpc) is 2.36. The molecule has 1 heterocycles. The van der Waals surface area contributed by atoms with Gasteiger partial charge in [0, 0.05) is 12.7 Å². The molecule has 7 heteroatoms. The number of nitrogens with two attached hydrogens (primary N) is 1. The van der Waals surface area contributed by atoms with E-state index >= 15 is 0 Å². The third-order valence-corrected chi connectivity index (χ3v) is 2.21. The van der Waals surface area contributed by atoms with E-state index in [9.17, 15) is 13.6 Å². The van der Waals surface area contributed by atoms with Gasteiger partial charge in [-0.3, -0.25) is 4.98 Å². The van der Waals surface area contributed by atoms with Crippen LogP contribution >= 0.6 is 0 Å². The van der Waals surface area contributed by atoms with Crippen LogP contribution in [0.2, 0.25) is 0 Å². The van der Waals surface area contributed by atoms with Gasteiger partial charge in [0.25, 0.3) is 6.43 Å². The molecule has 1 aromatic heterocycles. The van der Waals surface area contributed by atoms with Gasteiger partial charge in [0.05, 0.1) is 29.0 Å². The van der Waals surface area contributed by atoms with Gasteiger partial charge in [-0.05, 0) is 6.92 Å². The number of halogens is 2. The molecule has 0 fully saturated rings. The molecule has 0 atom stereocenters. The van der Waals surface area contributed by atoms with Crippen molar-refractivity contribution in [1.29, 1.82) is 5.26 Å². The summed E-state index contributed by atoms with van der Waals surface area (Å²) in [4.78, 5) is 15.4. The van der Waals surface area contributed by atoms with Crippen LogP contribution in [0, 0.1) is 11.3 Å². The molecule has 96 valence electrons. The Bertz CT molecular complexity index is 498. The summed E-state index contributed by atoms with van der Waals surface area (Å²) in [6.07, 6.45) is -2.00. The van der Waals surface area contributed by atoms with E-state index in [1.54, 1.807) is 13.0 Å². The SMILES string of the molecule is CCOC(=O)c1c(CN)ncc(C#N)c1C(F)F. The molecule has 0 saturated heterocycles. The normalized spacial score (nSPS) is 10.2. The first-order valence-corrected chi connectivity index (χ1v) is 5.14. The number of nitriles is 1. The van der Waals surface area contributed by atoms with Crippen LogP contribution in [0.1, 0.15) is 40.5 Å². The predicted molar refractivity (Wildman–Crippen MR) is 57.8 cm³/mol.